The number of carbonyl (C=O) groups is 1. The molecule has 0 spiro atoms. The first-order chi connectivity index (χ1) is 15.1. The molecule has 176 valence electrons. The Kier molecular flexibility index (Phi) is 8.87. The molecule has 0 atom stereocenters. The molecule has 1 amide bonds. The van der Waals surface area contributed by atoms with Gasteiger partial charge in [0.2, 0.25) is 26.0 Å². The van der Waals surface area contributed by atoms with Gasteiger partial charge in [0.15, 0.2) is 11.5 Å². The van der Waals surface area contributed by atoms with Gasteiger partial charge in [0.05, 0.1) is 24.9 Å². The van der Waals surface area contributed by atoms with E-state index >= 15 is 0 Å². The lowest BCUT2D eigenvalue weighted by atomic mass is 10.3. The highest BCUT2D eigenvalue weighted by molar-refractivity contribution is 7.92. The Bertz CT molecular complexity index is 1130. The second-order valence-electron chi connectivity index (χ2n) is 6.71. The number of amides is 1. The maximum absolute atomic E-state index is 12.4. The second kappa shape index (κ2) is 11.2. The van der Waals surface area contributed by atoms with Crippen molar-refractivity contribution in [2.24, 2.45) is 0 Å². The quantitative estimate of drug-likeness (QED) is 0.418. The van der Waals surface area contributed by atoms with Crippen molar-refractivity contribution in [1.82, 2.24) is 4.72 Å². The molecule has 2 aromatic carbocycles. The van der Waals surface area contributed by atoms with E-state index in [9.17, 15) is 21.6 Å². The van der Waals surface area contributed by atoms with Crippen molar-refractivity contribution in [3.05, 3.63) is 42.5 Å². The Labute approximate surface area is 188 Å². The highest BCUT2D eigenvalue weighted by Gasteiger charge is 2.17. The summed E-state index contributed by atoms with van der Waals surface area (Å²) in [7, 11) is -4.39. The number of nitrogens with one attached hydrogen (secondary N) is 3. The Balaban J connectivity index is 1.89. The largest absolute Gasteiger partial charge is 0.493 e. The molecule has 32 heavy (non-hydrogen) atoms. The van der Waals surface area contributed by atoms with E-state index in [4.69, 9.17) is 9.47 Å². The Morgan fingerprint density at radius 1 is 0.906 bits per heavy atom. The number of hydrogen-bond acceptors (Lipinski definition) is 7. The molecule has 0 fully saturated rings. The van der Waals surface area contributed by atoms with Crippen LogP contribution in [0.2, 0.25) is 0 Å². The van der Waals surface area contributed by atoms with Gasteiger partial charge in [-0.2, -0.15) is 0 Å². The van der Waals surface area contributed by atoms with Gasteiger partial charge in [0.25, 0.3) is 0 Å². The molecule has 3 N–H and O–H groups in total. The lowest BCUT2D eigenvalue weighted by molar-refractivity contribution is -0.116. The minimum absolute atomic E-state index is 0.0170. The van der Waals surface area contributed by atoms with Crippen LogP contribution in [0.5, 0.6) is 11.5 Å². The minimum atomic E-state index is -3.84. The predicted octanol–water partition coefficient (Wildman–Crippen LogP) is 2.16. The zero-order valence-electron chi connectivity index (χ0n) is 18.0. The summed E-state index contributed by atoms with van der Waals surface area (Å²) >= 11 is 0. The Hall–Kier alpha value is -2.83. The topological polar surface area (TPSA) is 140 Å². The maximum atomic E-state index is 12.4. The fourth-order valence-electron chi connectivity index (χ4n) is 2.71. The van der Waals surface area contributed by atoms with E-state index in [1.54, 1.807) is 19.1 Å². The molecule has 0 unspecified atom stereocenters. The van der Waals surface area contributed by atoms with Crippen LogP contribution in [0.25, 0.3) is 0 Å². The third kappa shape index (κ3) is 7.39. The summed E-state index contributed by atoms with van der Waals surface area (Å²) in [5.74, 6) is 0.285. The molecule has 0 radical (unpaired) electrons. The first kappa shape index (κ1) is 25.4. The van der Waals surface area contributed by atoms with Gasteiger partial charge < -0.3 is 14.8 Å². The summed E-state index contributed by atoms with van der Waals surface area (Å²) in [5, 5.41) is 2.63. The molecule has 0 saturated carbocycles. The molecule has 0 heterocycles. The van der Waals surface area contributed by atoms with Crippen LogP contribution in [0.3, 0.4) is 0 Å². The van der Waals surface area contributed by atoms with Gasteiger partial charge >= 0.3 is 0 Å². The van der Waals surface area contributed by atoms with Crippen molar-refractivity contribution in [2.75, 3.05) is 36.6 Å². The second-order valence-corrected chi connectivity index (χ2v) is 10.3. The monoisotopic (exact) mass is 485 g/mol. The summed E-state index contributed by atoms with van der Waals surface area (Å²) in [5.41, 5.74) is 0.843. The van der Waals surface area contributed by atoms with E-state index in [0.717, 1.165) is 0 Å². The lowest BCUT2D eigenvalue weighted by Crippen LogP contribution is -2.27. The summed E-state index contributed by atoms with van der Waals surface area (Å²) in [4.78, 5) is 12.1. The van der Waals surface area contributed by atoms with E-state index in [0.29, 0.717) is 23.5 Å². The van der Waals surface area contributed by atoms with Crippen LogP contribution in [0.1, 0.15) is 19.8 Å². The zero-order chi connectivity index (χ0) is 23.8. The van der Waals surface area contributed by atoms with Crippen molar-refractivity contribution in [3.63, 3.8) is 0 Å². The van der Waals surface area contributed by atoms with E-state index in [1.807, 2.05) is 0 Å². The van der Waals surface area contributed by atoms with Crippen LogP contribution in [0.4, 0.5) is 11.4 Å². The average Bonchev–Trinajstić information content (AvgIpc) is 2.74. The van der Waals surface area contributed by atoms with Crippen LogP contribution in [0.15, 0.2) is 47.4 Å². The number of benzene rings is 2. The number of hydrogen-bond donors (Lipinski definition) is 3. The highest BCUT2D eigenvalue weighted by Crippen LogP contribution is 2.29. The van der Waals surface area contributed by atoms with Crippen molar-refractivity contribution in [1.29, 1.82) is 0 Å². The fraction of sp³-hybridized carbons (Fsp3) is 0.350. The molecule has 0 saturated heterocycles. The van der Waals surface area contributed by atoms with Crippen molar-refractivity contribution in [3.8, 4) is 11.5 Å². The summed E-state index contributed by atoms with van der Waals surface area (Å²) in [6.07, 6.45) is 0.399. The van der Waals surface area contributed by atoms with Crippen LogP contribution >= 0.6 is 0 Å². The molecule has 0 aliphatic carbocycles. The van der Waals surface area contributed by atoms with Gasteiger partial charge in [0.1, 0.15) is 0 Å². The zero-order valence-corrected chi connectivity index (χ0v) is 19.7. The molecule has 10 nitrogen and oxygen atoms in total. The minimum Gasteiger partial charge on any atom is -0.493 e. The van der Waals surface area contributed by atoms with Crippen LogP contribution < -0.4 is 24.2 Å². The Morgan fingerprint density at radius 3 is 2.12 bits per heavy atom. The fourth-order valence-corrected chi connectivity index (χ4v) is 4.89. The summed E-state index contributed by atoms with van der Waals surface area (Å²) in [6.45, 7) is 1.66. The molecule has 0 bridgehead atoms. The van der Waals surface area contributed by atoms with E-state index in [2.05, 4.69) is 14.8 Å². The van der Waals surface area contributed by atoms with Crippen LogP contribution in [-0.2, 0) is 24.8 Å². The normalized spacial score (nSPS) is 11.6. The van der Waals surface area contributed by atoms with Gasteiger partial charge in [-0.1, -0.05) is 6.92 Å². The number of rotatable bonds is 12. The van der Waals surface area contributed by atoms with E-state index < -0.39 is 26.0 Å². The molecule has 0 aromatic heterocycles. The van der Waals surface area contributed by atoms with Crippen molar-refractivity contribution >= 4 is 37.3 Å². The van der Waals surface area contributed by atoms with Crippen LogP contribution in [0, 0.1) is 0 Å². The number of methoxy groups -OCH3 is 2. The number of ether oxygens (including phenoxy) is 2. The molecule has 12 heteroatoms. The first-order valence-corrected chi connectivity index (χ1v) is 12.9. The van der Waals surface area contributed by atoms with Gasteiger partial charge in [-0.25, -0.2) is 21.6 Å². The molecule has 2 rings (SSSR count). The van der Waals surface area contributed by atoms with Gasteiger partial charge in [-0.05, 0) is 42.8 Å². The predicted molar refractivity (Wildman–Crippen MR) is 122 cm³/mol. The van der Waals surface area contributed by atoms with Gasteiger partial charge in [0, 0.05) is 30.4 Å². The van der Waals surface area contributed by atoms with Crippen molar-refractivity contribution in [2.45, 2.75) is 24.7 Å². The molecule has 2 aromatic rings. The third-order valence-corrected chi connectivity index (χ3v) is 7.18. The number of sulfonamides is 2. The maximum Gasteiger partial charge on any atom is 0.240 e. The lowest BCUT2D eigenvalue weighted by Gasteiger charge is -2.11. The number of anilines is 2. The van der Waals surface area contributed by atoms with E-state index in [-0.39, 0.29) is 29.4 Å². The first-order valence-electron chi connectivity index (χ1n) is 9.72. The van der Waals surface area contributed by atoms with Crippen molar-refractivity contribution < 1.29 is 31.1 Å². The third-order valence-electron chi connectivity index (χ3n) is 4.22. The Morgan fingerprint density at radius 2 is 1.53 bits per heavy atom. The van der Waals surface area contributed by atoms with Gasteiger partial charge in [-0.15, -0.1) is 0 Å². The standard InChI is InChI=1S/C20H27N3O7S2/c1-4-13-31(25,26)23-16-7-5-15(6-8-16)22-20(24)11-12-21-32(27,28)17-9-10-18(29-2)19(14-17)30-3/h5-10,14,21,23H,4,11-13H2,1-3H3,(H,22,24). The molecule has 0 aliphatic heterocycles. The SMILES string of the molecule is CCCS(=O)(=O)Nc1ccc(NC(=O)CCNS(=O)(=O)c2ccc(OC)c(OC)c2)cc1. The molecule has 0 aliphatic rings. The average molecular weight is 486 g/mol. The van der Waals surface area contributed by atoms with Gasteiger partial charge in [-0.3, -0.25) is 9.52 Å². The van der Waals surface area contributed by atoms with Crippen LogP contribution in [-0.4, -0.2) is 49.3 Å². The smallest absolute Gasteiger partial charge is 0.240 e. The molecular formula is C20H27N3O7S2. The summed E-state index contributed by atoms with van der Waals surface area (Å²) < 4.78 is 63.5. The highest BCUT2D eigenvalue weighted by atomic mass is 32.2. The summed E-state index contributed by atoms with van der Waals surface area (Å²) in [6, 6.07) is 10.3. The van der Waals surface area contributed by atoms with E-state index in [1.165, 1.54) is 44.6 Å². The molecular weight excluding hydrogens is 458 g/mol. The number of carbonyl (C=O) groups excluding carboxylic acids is 1.